The van der Waals surface area contributed by atoms with Crippen LogP contribution in [-0.2, 0) is 6.54 Å². The molecule has 1 N–H and O–H groups in total. The molecule has 9 heteroatoms. The molecule has 0 aliphatic carbocycles. The van der Waals surface area contributed by atoms with Crippen LogP contribution in [0.15, 0.2) is 42.6 Å². The van der Waals surface area contributed by atoms with Gasteiger partial charge >= 0.3 is 12.2 Å². The van der Waals surface area contributed by atoms with Crippen LogP contribution >= 0.6 is 0 Å². The van der Waals surface area contributed by atoms with Crippen molar-refractivity contribution >= 4 is 17.7 Å². The molecule has 1 aromatic carbocycles. The number of anilines is 2. The van der Waals surface area contributed by atoms with Gasteiger partial charge in [0.05, 0.1) is 13.7 Å². The molecule has 0 amide bonds. The van der Waals surface area contributed by atoms with Crippen LogP contribution < -0.4 is 14.4 Å². The van der Waals surface area contributed by atoms with E-state index in [1.807, 2.05) is 35.2 Å². The van der Waals surface area contributed by atoms with Crippen molar-refractivity contribution in [3.05, 3.63) is 48.4 Å². The minimum absolute atomic E-state index is 0.214. The Balaban J connectivity index is 1.78. The van der Waals surface area contributed by atoms with E-state index in [1.165, 1.54) is 0 Å². The van der Waals surface area contributed by atoms with Crippen LogP contribution in [0.5, 0.6) is 11.8 Å². The predicted molar refractivity (Wildman–Crippen MR) is 86.6 cm³/mol. The van der Waals surface area contributed by atoms with E-state index in [-0.39, 0.29) is 6.01 Å². The Morgan fingerprint density at radius 2 is 2.04 bits per heavy atom. The van der Waals surface area contributed by atoms with Crippen LogP contribution in [-0.4, -0.2) is 38.1 Å². The number of rotatable bonds is 3. The molecular formula is C16H13N5O4. The predicted octanol–water partition coefficient (Wildman–Crippen LogP) is 2.38. The number of hydrogen-bond acceptors (Lipinski definition) is 7. The third-order valence-electron chi connectivity index (χ3n) is 3.77. The van der Waals surface area contributed by atoms with E-state index < -0.39 is 6.16 Å². The van der Waals surface area contributed by atoms with Crippen molar-refractivity contribution in [3.63, 3.8) is 0 Å². The van der Waals surface area contributed by atoms with Crippen molar-refractivity contribution < 1.29 is 19.4 Å². The highest BCUT2D eigenvalue weighted by molar-refractivity contribution is 5.70. The molecule has 9 nitrogen and oxygen atoms in total. The first-order valence-electron chi connectivity index (χ1n) is 7.39. The number of carboxylic acid groups (broad SMARTS) is 1. The SMILES string of the molecule is COc1ccc(N2Cc3nc(OC(=O)O)nn3-c3cccnc32)cc1. The number of pyridine rings is 1. The standard InChI is InChI=1S/C16H13N5O4/c1-24-11-6-4-10(5-7-11)20-9-13-18-15(25-16(22)23)19-21(13)12-3-2-8-17-14(12)20/h2-8H,9H2,1H3,(H,22,23). The number of methoxy groups -OCH3 is 1. The molecule has 2 aromatic heterocycles. The van der Waals surface area contributed by atoms with E-state index in [9.17, 15) is 4.79 Å². The molecule has 0 radical (unpaired) electrons. The number of carbonyl (C=O) groups is 1. The summed E-state index contributed by atoms with van der Waals surface area (Å²) in [4.78, 5) is 21.3. The van der Waals surface area contributed by atoms with Crippen LogP contribution in [0.3, 0.4) is 0 Å². The second kappa shape index (κ2) is 5.78. The third kappa shape index (κ3) is 2.61. The molecule has 3 heterocycles. The Morgan fingerprint density at radius 1 is 1.24 bits per heavy atom. The maximum absolute atomic E-state index is 10.7. The molecule has 25 heavy (non-hydrogen) atoms. The fourth-order valence-electron chi connectivity index (χ4n) is 2.69. The first-order chi connectivity index (χ1) is 12.2. The lowest BCUT2D eigenvalue weighted by Gasteiger charge is -2.29. The number of aromatic nitrogens is 4. The van der Waals surface area contributed by atoms with Crippen molar-refractivity contribution in [2.45, 2.75) is 6.54 Å². The highest BCUT2D eigenvalue weighted by Gasteiger charge is 2.28. The lowest BCUT2D eigenvalue weighted by Crippen LogP contribution is -2.27. The van der Waals surface area contributed by atoms with Gasteiger partial charge in [0, 0.05) is 11.9 Å². The molecule has 0 saturated carbocycles. The lowest BCUT2D eigenvalue weighted by atomic mass is 10.2. The Hall–Kier alpha value is -3.62. The molecule has 0 bridgehead atoms. The monoisotopic (exact) mass is 339 g/mol. The quantitative estimate of drug-likeness (QED) is 0.726. The number of benzene rings is 1. The van der Waals surface area contributed by atoms with E-state index >= 15 is 0 Å². The highest BCUT2D eigenvalue weighted by Crippen LogP contribution is 2.35. The molecule has 3 aromatic rings. The Labute approximate surface area is 142 Å². The molecule has 1 aliphatic heterocycles. The van der Waals surface area contributed by atoms with Gasteiger partial charge in [-0.2, -0.15) is 4.98 Å². The molecule has 0 saturated heterocycles. The lowest BCUT2D eigenvalue weighted by molar-refractivity contribution is 0.140. The summed E-state index contributed by atoms with van der Waals surface area (Å²) >= 11 is 0. The van der Waals surface area contributed by atoms with E-state index in [0.29, 0.717) is 23.9 Å². The molecule has 126 valence electrons. The van der Waals surface area contributed by atoms with Crippen LogP contribution in [0.25, 0.3) is 5.69 Å². The minimum Gasteiger partial charge on any atom is -0.497 e. The van der Waals surface area contributed by atoms with Crippen molar-refractivity contribution in [2.75, 3.05) is 12.0 Å². The zero-order valence-electron chi connectivity index (χ0n) is 13.2. The zero-order valence-corrected chi connectivity index (χ0v) is 13.2. The maximum atomic E-state index is 10.7. The number of nitrogens with zero attached hydrogens (tertiary/aromatic N) is 5. The van der Waals surface area contributed by atoms with Crippen LogP contribution in [0.2, 0.25) is 0 Å². The van der Waals surface area contributed by atoms with E-state index in [2.05, 4.69) is 19.8 Å². The minimum atomic E-state index is -1.46. The summed E-state index contributed by atoms with van der Waals surface area (Å²) in [6.45, 7) is 0.367. The third-order valence-corrected chi connectivity index (χ3v) is 3.77. The van der Waals surface area contributed by atoms with Gasteiger partial charge in [0.1, 0.15) is 11.4 Å². The number of hydrogen-bond donors (Lipinski definition) is 1. The fraction of sp³-hybridized carbons (Fsp3) is 0.125. The first kappa shape index (κ1) is 14.9. The molecule has 4 rings (SSSR count). The molecule has 0 spiro atoms. The van der Waals surface area contributed by atoms with Gasteiger partial charge in [0.15, 0.2) is 11.6 Å². The normalized spacial score (nSPS) is 12.3. The summed E-state index contributed by atoms with van der Waals surface area (Å²) in [6.07, 6.45) is 0.229. The van der Waals surface area contributed by atoms with Crippen molar-refractivity contribution in [1.29, 1.82) is 0 Å². The summed E-state index contributed by atoms with van der Waals surface area (Å²) in [5.41, 5.74) is 1.59. The Bertz CT molecular complexity index is 938. The molecule has 0 unspecified atom stereocenters. The zero-order chi connectivity index (χ0) is 17.4. The number of fused-ring (bicyclic) bond motifs is 3. The van der Waals surface area contributed by atoms with Crippen LogP contribution in [0.1, 0.15) is 5.82 Å². The summed E-state index contributed by atoms with van der Waals surface area (Å²) in [5.74, 6) is 1.99. The van der Waals surface area contributed by atoms with Crippen molar-refractivity contribution in [1.82, 2.24) is 19.7 Å². The fourth-order valence-corrected chi connectivity index (χ4v) is 2.69. The second-order valence-electron chi connectivity index (χ2n) is 5.22. The van der Waals surface area contributed by atoms with Crippen molar-refractivity contribution in [3.8, 4) is 17.4 Å². The number of ether oxygens (including phenoxy) is 2. The van der Waals surface area contributed by atoms with Gasteiger partial charge in [-0.25, -0.2) is 14.5 Å². The summed E-state index contributed by atoms with van der Waals surface area (Å²) in [6, 6.07) is 10.9. The van der Waals surface area contributed by atoms with Gasteiger partial charge in [-0.3, -0.25) is 0 Å². The smallest absolute Gasteiger partial charge is 0.497 e. The molecule has 0 fully saturated rings. The second-order valence-corrected chi connectivity index (χ2v) is 5.22. The average Bonchev–Trinajstić information content (AvgIpc) is 3.03. The van der Waals surface area contributed by atoms with Gasteiger partial charge in [-0.15, -0.1) is 5.10 Å². The first-order valence-corrected chi connectivity index (χ1v) is 7.39. The van der Waals surface area contributed by atoms with Crippen LogP contribution in [0, 0.1) is 0 Å². The van der Waals surface area contributed by atoms with Gasteiger partial charge in [-0.1, -0.05) is 0 Å². The summed E-state index contributed by atoms with van der Waals surface area (Å²) in [5, 5.41) is 12.9. The maximum Gasteiger partial charge on any atom is 0.513 e. The topological polar surface area (TPSA) is 103 Å². The summed E-state index contributed by atoms with van der Waals surface area (Å²) in [7, 11) is 1.61. The summed E-state index contributed by atoms with van der Waals surface area (Å²) < 4.78 is 11.3. The largest absolute Gasteiger partial charge is 0.513 e. The molecular weight excluding hydrogens is 326 g/mol. The van der Waals surface area contributed by atoms with Gasteiger partial charge < -0.3 is 19.5 Å². The van der Waals surface area contributed by atoms with Gasteiger partial charge in [0.25, 0.3) is 0 Å². The van der Waals surface area contributed by atoms with Gasteiger partial charge in [-0.05, 0) is 36.4 Å². The highest BCUT2D eigenvalue weighted by atomic mass is 16.7. The molecule has 1 aliphatic rings. The van der Waals surface area contributed by atoms with Crippen LogP contribution in [0.4, 0.5) is 16.3 Å². The average molecular weight is 339 g/mol. The Morgan fingerprint density at radius 3 is 2.76 bits per heavy atom. The van der Waals surface area contributed by atoms with E-state index in [0.717, 1.165) is 11.4 Å². The molecule has 0 atom stereocenters. The van der Waals surface area contributed by atoms with E-state index in [1.54, 1.807) is 24.1 Å². The van der Waals surface area contributed by atoms with Crippen molar-refractivity contribution in [2.24, 2.45) is 0 Å². The van der Waals surface area contributed by atoms with Gasteiger partial charge in [0.2, 0.25) is 0 Å². The Kier molecular flexibility index (Phi) is 3.46. The van der Waals surface area contributed by atoms with E-state index in [4.69, 9.17) is 9.84 Å².